The minimum atomic E-state index is 0.183. The number of ether oxygens (including phenoxy) is 1. The van der Waals surface area contributed by atoms with E-state index < -0.39 is 0 Å². The molecule has 0 bridgehead atoms. The number of aliphatic hydroxyl groups is 1. The molecule has 102 valence electrons. The van der Waals surface area contributed by atoms with Crippen molar-refractivity contribution in [1.82, 2.24) is 9.97 Å². The van der Waals surface area contributed by atoms with Gasteiger partial charge >= 0.3 is 0 Å². The smallest absolute Gasteiger partial charge is 0.119 e. The Hall–Kier alpha value is -1.81. The van der Waals surface area contributed by atoms with Crippen LogP contribution in [0.5, 0.6) is 5.75 Å². The van der Waals surface area contributed by atoms with Gasteiger partial charge in [0.25, 0.3) is 0 Å². The van der Waals surface area contributed by atoms with Gasteiger partial charge < -0.3 is 14.8 Å². The van der Waals surface area contributed by atoms with Gasteiger partial charge in [0.05, 0.1) is 18.0 Å². The van der Waals surface area contributed by atoms with E-state index >= 15 is 0 Å². The molecule has 1 aromatic heterocycles. The van der Waals surface area contributed by atoms with Gasteiger partial charge in [0, 0.05) is 13.0 Å². The number of aromatic nitrogens is 2. The summed E-state index contributed by atoms with van der Waals surface area (Å²) >= 11 is 0. The molecule has 0 aliphatic rings. The number of aromatic amines is 1. The number of aryl methyl sites for hydroxylation is 1. The number of nitrogens with one attached hydrogen (secondary N) is 1. The van der Waals surface area contributed by atoms with Crippen LogP contribution in [-0.2, 0) is 6.42 Å². The number of hydrogen-bond acceptors (Lipinski definition) is 3. The number of rotatable bonds is 6. The van der Waals surface area contributed by atoms with Gasteiger partial charge in [0.15, 0.2) is 0 Å². The maximum absolute atomic E-state index is 8.80. The average molecular weight is 260 g/mol. The van der Waals surface area contributed by atoms with Crippen LogP contribution in [-0.4, -0.2) is 27.8 Å². The molecule has 0 atom stereocenters. The Kier molecular flexibility index (Phi) is 4.58. The molecule has 2 rings (SSSR count). The monoisotopic (exact) mass is 260 g/mol. The SMILES string of the molecule is CC(C)Oc1ccc(-c2cnc(CCCO)[nH]2)cc1. The molecule has 1 aromatic carbocycles. The molecule has 0 spiro atoms. The Bertz CT molecular complexity index is 503. The molecule has 0 fully saturated rings. The van der Waals surface area contributed by atoms with E-state index in [1.807, 2.05) is 44.3 Å². The Labute approximate surface area is 113 Å². The van der Waals surface area contributed by atoms with E-state index in [4.69, 9.17) is 9.84 Å². The van der Waals surface area contributed by atoms with Crippen molar-refractivity contribution in [3.8, 4) is 17.0 Å². The molecule has 0 radical (unpaired) electrons. The second-order valence-corrected chi connectivity index (χ2v) is 4.76. The molecule has 2 aromatic rings. The van der Waals surface area contributed by atoms with E-state index in [-0.39, 0.29) is 12.7 Å². The Morgan fingerprint density at radius 1 is 1.26 bits per heavy atom. The standard InChI is InChI=1S/C15H20N2O2/c1-11(2)19-13-7-5-12(6-8-13)14-10-16-15(17-14)4-3-9-18/h5-8,10-11,18H,3-4,9H2,1-2H3,(H,16,17). The van der Waals surface area contributed by atoms with E-state index in [1.54, 1.807) is 0 Å². The van der Waals surface area contributed by atoms with E-state index in [0.717, 1.165) is 35.7 Å². The lowest BCUT2D eigenvalue weighted by atomic mass is 10.1. The summed E-state index contributed by atoms with van der Waals surface area (Å²) in [5.41, 5.74) is 2.07. The predicted molar refractivity (Wildman–Crippen MR) is 75.2 cm³/mol. The number of H-pyrrole nitrogens is 1. The largest absolute Gasteiger partial charge is 0.491 e. The van der Waals surface area contributed by atoms with Gasteiger partial charge in [-0.05, 0) is 50.1 Å². The summed E-state index contributed by atoms with van der Waals surface area (Å²) in [6.45, 7) is 4.21. The summed E-state index contributed by atoms with van der Waals surface area (Å²) in [5, 5.41) is 8.80. The highest BCUT2D eigenvalue weighted by Gasteiger charge is 2.04. The van der Waals surface area contributed by atoms with Crippen LogP contribution in [0.3, 0.4) is 0 Å². The van der Waals surface area contributed by atoms with Crippen molar-refractivity contribution >= 4 is 0 Å². The molecular formula is C15H20N2O2. The molecule has 2 N–H and O–H groups in total. The van der Waals surface area contributed by atoms with Crippen molar-refractivity contribution in [1.29, 1.82) is 0 Å². The molecule has 1 heterocycles. The fourth-order valence-electron chi connectivity index (χ4n) is 1.87. The van der Waals surface area contributed by atoms with Crippen LogP contribution in [0.1, 0.15) is 26.1 Å². The first kappa shape index (κ1) is 13.6. The van der Waals surface area contributed by atoms with Gasteiger partial charge in [-0.15, -0.1) is 0 Å². The Morgan fingerprint density at radius 3 is 2.63 bits per heavy atom. The zero-order valence-corrected chi connectivity index (χ0v) is 11.4. The van der Waals surface area contributed by atoms with Crippen molar-refractivity contribution in [2.45, 2.75) is 32.8 Å². The third-order valence-corrected chi connectivity index (χ3v) is 2.74. The maximum Gasteiger partial charge on any atom is 0.119 e. The molecule has 0 saturated carbocycles. The van der Waals surface area contributed by atoms with Crippen molar-refractivity contribution in [3.63, 3.8) is 0 Å². The zero-order chi connectivity index (χ0) is 13.7. The first-order valence-corrected chi connectivity index (χ1v) is 6.61. The molecule has 0 aliphatic carbocycles. The maximum atomic E-state index is 8.80. The van der Waals surface area contributed by atoms with Gasteiger partial charge in [-0.2, -0.15) is 0 Å². The second kappa shape index (κ2) is 6.38. The van der Waals surface area contributed by atoms with Crippen molar-refractivity contribution in [2.75, 3.05) is 6.61 Å². The van der Waals surface area contributed by atoms with E-state index in [9.17, 15) is 0 Å². The van der Waals surface area contributed by atoms with E-state index in [2.05, 4.69) is 9.97 Å². The first-order chi connectivity index (χ1) is 9.19. The zero-order valence-electron chi connectivity index (χ0n) is 11.4. The third kappa shape index (κ3) is 3.83. The number of nitrogens with zero attached hydrogens (tertiary/aromatic N) is 1. The highest BCUT2D eigenvalue weighted by atomic mass is 16.5. The van der Waals surface area contributed by atoms with Crippen LogP contribution in [0.25, 0.3) is 11.3 Å². The Morgan fingerprint density at radius 2 is 2.00 bits per heavy atom. The minimum absolute atomic E-state index is 0.183. The first-order valence-electron chi connectivity index (χ1n) is 6.61. The summed E-state index contributed by atoms with van der Waals surface area (Å²) in [6.07, 6.45) is 3.51. The van der Waals surface area contributed by atoms with Crippen LogP contribution in [0, 0.1) is 0 Å². The summed E-state index contributed by atoms with van der Waals surface area (Å²) in [4.78, 5) is 7.56. The minimum Gasteiger partial charge on any atom is -0.491 e. The molecule has 0 aliphatic heterocycles. The lowest BCUT2D eigenvalue weighted by Crippen LogP contribution is -2.05. The van der Waals surface area contributed by atoms with E-state index in [0.29, 0.717) is 0 Å². The van der Waals surface area contributed by atoms with Crippen LogP contribution in [0.4, 0.5) is 0 Å². The van der Waals surface area contributed by atoms with Crippen molar-refractivity contribution in [3.05, 3.63) is 36.3 Å². The lowest BCUT2D eigenvalue weighted by molar-refractivity contribution is 0.242. The number of aliphatic hydroxyl groups excluding tert-OH is 1. The molecule has 19 heavy (non-hydrogen) atoms. The quantitative estimate of drug-likeness (QED) is 0.839. The number of imidazole rings is 1. The Balaban J connectivity index is 2.07. The normalized spacial score (nSPS) is 10.9. The van der Waals surface area contributed by atoms with Gasteiger partial charge in [-0.1, -0.05) is 0 Å². The van der Waals surface area contributed by atoms with Gasteiger partial charge in [-0.3, -0.25) is 0 Å². The average Bonchev–Trinajstić information content (AvgIpc) is 2.85. The fourth-order valence-corrected chi connectivity index (χ4v) is 1.87. The highest BCUT2D eigenvalue weighted by Crippen LogP contribution is 2.21. The molecule has 0 amide bonds. The van der Waals surface area contributed by atoms with E-state index in [1.165, 1.54) is 0 Å². The van der Waals surface area contributed by atoms with Gasteiger partial charge in [-0.25, -0.2) is 4.98 Å². The lowest BCUT2D eigenvalue weighted by Gasteiger charge is -2.09. The molecule has 4 nitrogen and oxygen atoms in total. The molecule has 4 heteroatoms. The van der Waals surface area contributed by atoms with Gasteiger partial charge in [0.1, 0.15) is 11.6 Å². The van der Waals surface area contributed by atoms with Crippen LogP contribution in [0.2, 0.25) is 0 Å². The molecule has 0 unspecified atom stereocenters. The predicted octanol–water partition coefficient (Wildman–Crippen LogP) is 2.79. The van der Waals surface area contributed by atoms with Crippen molar-refractivity contribution in [2.24, 2.45) is 0 Å². The van der Waals surface area contributed by atoms with Crippen LogP contribution in [0.15, 0.2) is 30.5 Å². The van der Waals surface area contributed by atoms with Gasteiger partial charge in [0.2, 0.25) is 0 Å². The van der Waals surface area contributed by atoms with Crippen LogP contribution < -0.4 is 4.74 Å². The third-order valence-electron chi connectivity index (χ3n) is 2.74. The second-order valence-electron chi connectivity index (χ2n) is 4.76. The molecular weight excluding hydrogens is 240 g/mol. The number of benzene rings is 1. The summed E-state index contributed by atoms with van der Waals surface area (Å²) in [7, 11) is 0. The van der Waals surface area contributed by atoms with Crippen LogP contribution >= 0.6 is 0 Å². The number of hydrogen-bond donors (Lipinski definition) is 2. The summed E-state index contributed by atoms with van der Waals surface area (Å²) in [5.74, 6) is 1.78. The summed E-state index contributed by atoms with van der Waals surface area (Å²) < 4.78 is 5.61. The topological polar surface area (TPSA) is 58.1 Å². The fraction of sp³-hybridized carbons (Fsp3) is 0.400. The molecule has 0 saturated heterocycles. The summed E-state index contributed by atoms with van der Waals surface area (Å²) in [6, 6.07) is 7.95. The van der Waals surface area contributed by atoms with Crippen molar-refractivity contribution < 1.29 is 9.84 Å². The highest BCUT2D eigenvalue weighted by molar-refractivity contribution is 5.59.